The lowest BCUT2D eigenvalue weighted by molar-refractivity contribution is -0.176. The summed E-state index contributed by atoms with van der Waals surface area (Å²) in [4.78, 5) is 0. The van der Waals surface area contributed by atoms with Crippen molar-refractivity contribution in [1.82, 2.24) is 5.32 Å². The van der Waals surface area contributed by atoms with Gasteiger partial charge in [-0.2, -0.15) is 0 Å². The molecule has 4 rings (SSSR count). The fourth-order valence-corrected chi connectivity index (χ4v) is 3.50. The van der Waals surface area contributed by atoms with Crippen molar-refractivity contribution in [2.75, 3.05) is 19.8 Å². The average Bonchev–Trinajstić information content (AvgIpc) is 2.71. The molecule has 1 N–H and O–H groups in total. The fourth-order valence-electron chi connectivity index (χ4n) is 3.50. The highest BCUT2D eigenvalue weighted by Crippen LogP contribution is 2.25. The van der Waals surface area contributed by atoms with Crippen LogP contribution >= 0.6 is 0 Å². The molecule has 0 aliphatic carbocycles. The van der Waals surface area contributed by atoms with Gasteiger partial charge in [0.25, 0.3) is 0 Å². The van der Waals surface area contributed by atoms with Crippen molar-refractivity contribution in [2.45, 2.75) is 18.8 Å². The Labute approximate surface area is 156 Å². The molecule has 27 heavy (non-hydrogen) atoms. The predicted octanol–water partition coefficient (Wildman–Crippen LogP) is 4.36. The van der Waals surface area contributed by atoms with Crippen molar-refractivity contribution < 1.29 is 18.3 Å². The van der Waals surface area contributed by atoms with Gasteiger partial charge in [-0.05, 0) is 41.1 Å². The summed E-state index contributed by atoms with van der Waals surface area (Å²) in [5.74, 6) is -0.484. The molecule has 3 aromatic rings. The van der Waals surface area contributed by atoms with E-state index in [1.807, 2.05) is 18.2 Å². The van der Waals surface area contributed by atoms with Gasteiger partial charge in [-0.15, -0.1) is 0 Å². The zero-order valence-corrected chi connectivity index (χ0v) is 14.8. The first-order valence-electron chi connectivity index (χ1n) is 9.10. The Morgan fingerprint density at radius 3 is 2.56 bits per heavy atom. The molecule has 0 amide bonds. The number of hydrogen-bond donors (Lipinski definition) is 1. The highest BCUT2D eigenvalue weighted by Gasteiger charge is 2.27. The second kappa shape index (κ2) is 8.13. The molecule has 1 aliphatic heterocycles. The molecule has 5 heteroatoms. The lowest BCUT2D eigenvalue weighted by atomic mass is 10.0. The number of hydrogen-bond acceptors (Lipinski definition) is 3. The Kier molecular flexibility index (Phi) is 5.43. The summed E-state index contributed by atoms with van der Waals surface area (Å²) in [6, 6.07) is 17.0. The van der Waals surface area contributed by atoms with Crippen LogP contribution in [0, 0.1) is 11.6 Å². The van der Waals surface area contributed by atoms with Gasteiger partial charge in [0.15, 0.2) is 6.29 Å². The summed E-state index contributed by atoms with van der Waals surface area (Å²) in [6.07, 6.45) is 0.201. The van der Waals surface area contributed by atoms with E-state index < -0.39 is 6.29 Å². The number of benzene rings is 3. The molecule has 1 heterocycles. The van der Waals surface area contributed by atoms with Crippen molar-refractivity contribution in [1.29, 1.82) is 0 Å². The van der Waals surface area contributed by atoms with Crippen molar-refractivity contribution in [3.8, 4) is 0 Å². The summed E-state index contributed by atoms with van der Waals surface area (Å²) >= 11 is 0. The van der Waals surface area contributed by atoms with Gasteiger partial charge in [0, 0.05) is 11.9 Å². The summed E-state index contributed by atoms with van der Waals surface area (Å²) in [5, 5.41) is 4.89. The van der Waals surface area contributed by atoms with Crippen LogP contribution in [0.4, 0.5) is 8.78 Å². The van der Waals surface area contributed by atoms with Crippen molar-refractivity contribution >= 4 is 10.8 Å². The number of ether oxygens (including phenoxy) is 2. The zero-order valence-electron chi connectivity index (χ0n) is 14.8. The molecule has 3 nitrogen and oxygen atoms in total. The molecular weight excluding hydrogens is 348 g/mol. The Morgan fingerprint density at radius 1 is 0.963 bits per heavy atom. The minimum atomic E-state index is -0.448. The molecule has 0 aromatic heterocycles. The van der Waals surface area contributed by atoms with Crippen molar-refractivity contribution in [2.24, 2.45) is 0 Å². The molecule has 1 saturated heterocycles. The topological polar surface area (TPSA) is 30.5 Å². The van der Waals surface area contributed by atoms with Gasteiger partial charge in [-0.25, -0.2) is 8.78 Å². The van der Waals surface area contributed by atoms with E-state index in [2.05, 4.69) is 5.32 Å². The van der Waals surface area contributed by atoms with Crippen LogP contribution in [0.3, 0.4) is 0 Å². The first-order chi connectivity index (χ1) is 13.2. The van der Waals surface area contributed by atoms with Gasteiger partial charge in [0.1, 0.15) is 11.6 Å². The highest BCUT2D eigenvalue weighted by molar-refractivity contribution is 5.86. The lowest BCUT2D eigenvalue weighted by Crippen LogP contribution is -2.43. The largest absolute Gasteiger partial charge is 0.350 e. The number of nitrogens with one attached hydrogen (secondary N) is 1. The van der Waals surface area contributed by atoms with Crippen LogP contribution in [0.25, 0.3) is 10.8 Å². The quantitative estimate of drug-likeness (QED) is 0.725. The van der Waals surface area contributed by atoms with E-state index in [0.29, 0.717) is 31.6 Å². The van der Waals surface area contributed by atoms with Crippen molar-refractivity contribution in [3.05, 3.63) is 83.4 Å². The van der Waals surface area contributed by atoms with Crippen LogP contribution in [0.15, 0.2) is 60.7 Å². The SMILES string of the molecule is Fc1ccc([C@@H]2NCCO[C@H]2OCCc2ccc(F)c3ccccc23)cc1. The van der Waals surface area contributed by atoms with Gasteiger partial charge >= 0.3 is 0 Å². The van der Waals surface area contributed by atoms with Crippen LogP contribution in [0.1, 0.15) is 17.2 Å². The van der Waals surface area contributed by atoms with E-state index in [9.17, 15) is 8.78 Å². The van der Waals surface area contributed by atoms with Crippen molar-refractivity contribution in [3.63, 3.8) is 0 Å². The molecule has 1 fully saturated rings. The van der Waals surface area contributed by atoms with Crippen LogP contribution in [-0.4, -0.2) is 26.0 Å². The Hall–Kier alpha value is -2.34. The Bertz CT molecular complexity index is 914. The molecule has 0 unspecified atom stereocenters. The van der Waals surface area contributed by atoms with E-state index in [4.69, 9.17) is 9.47 Å². The maximum Gasteiger partial charge on any atom is 0.176 e. The van der Waals surface area contributed by atoms with Crippen LogP contribution < -0.4 is 5.32 Å². The number of fused-ring (bicyclic) bond motifs is 1. The van der Waals surface area contributed by atoms with Gasteiger partial charge < -0.3 is 14.8 Å². The van der Waals surface area contributed by atoms with Gasteiger partial charge in [0.2, 0.25) is 0 Å². The van der Waals surface area contributed by atoms with Crippen LogP contribution in [0.2, 0.25) is 0 Å². The molecule has 0 saturated carbocycles. The molecule has 140 valence electrons. The lowest BCUT2D eigenvalue weighted by Gasteiger charge is -2.33. The van der Waals surface area contributed by atoms with Crippen LogP contribution in [0.5, 0.6) is 0 Å². The maximum absolute atomic E-state index is 14.0. The maximum atomic E-state index is 14.0. The second-order valence-corrected chi connectivity index (χ2v) is 6.60. The van der Waals surface area contributed by atoms with E-state index in [1.165, 1.54) is 18.2 Å². The minimum Gasteiger partial charge on any atom is -0.350 e. The zero-order chi connectivity index (χ0) is 18.6. The summed E-state index contributed by atoms with van der Waals surface area (Å²) < 4.78 is 38.9. The molecule has 2 atom stereocenters. The monoisotopic (exact) mass is 369 g/mol. The summed E-state index contributed by atoms with van der Waals surface area (Å²) in [6.45, 7) is 1.71. The Morgan fingerprint density at radius 2 is 1.74 bits per heavy atom. The van der Waals surface area contributed by atoms with Gasteiger partial charge in [-0.3, -0.25) is 0 Å². The van der Waals surface area contributed by atoms with E-state index in [-0.39, 0.29) is 17.7 Å². The second-order valence-electron chi connectivity index (χ2n) is 6.60. The number of halogens is 2. The first kappa shape index (κ1) is 18.0. The Balaban J connectivity index is 1.45. The summed E-state index contributed by atoms with van der Waals surface area (Å²) in [5.41, 5.74) is 1.96. The summed E-state index contributed by atoms with van der Waals surface area (Å²) in [7, 11) is 0. The smallest absolute Gasteiger partial charge is 0.176 e. The van der Waals surface area contributed by atoms with E-state index >= 15 is 0 Å². The normalized spacial score (nSPS) is 20.1. The number of morpholine rings is 1. The van der Waals surface area contributed by atoms with Gasteiger partial charge in [-0.1, -0.05) is 42.5 Å². The molecule has 1 aliphatic rings. The van der Waals surface area contributed by atoms with Gasteiger partial charge in [0.05, 0.1) is 19.3 Å². The molecule has 3 aromatic carbocycles. The van der Waals surface area contributed by atoms with Crippen LogP contribution in [-0.2, 0) is 15.9 Å². The molecular formula is C22H21F2NO2. The van der Waals surface area contributed by atoms with E-state index in [1.54, 1.807) is 24.3 Å². The average molecular weight is 369 g/mol. The first-order valence-corrected chi connectivity index (χ1v) is 9.10. The third-order valence-corrected chi connectivity index (χ3v) is 4.86. The molecule has 0 radical (unpaired) electrons. The third kappa shape index (κ3) is 4.00. The van der Waals surface area contributed by atoms with E-state index in [0.717, 1.165) is 16.5 Å². The standard InChI is InChI=1S/C22H21F2NO2/c23-17-8-5-16(6-9-17)21-22(27-14-12-25-21)26-13-11-15-7-10-20(24)19-4-2-1-3-18(15)19/h1-10,21-22,25H,11-14H2/t21-,22+/m0/s1. The highest BCUT2D eigenvalue weighted by atomic mass is 19.1. The minimum absolute atomic E-state index is 0.149. The number of rotatable bonds is 5. The predicted molar refractivity (Wildman–Crippen MR) is 100 cm³/mol. The molecule has 0 bridgehead atoms. The fraction of sp³-hybridized carbons (Fsp3) is 0.273. The third-order valence-electron chi connectivity index (χ3n) is 4.86. The molecule has 0 spiro atoms.